The van der Waals surface area contributed by atoms with Gasteiger partial charge in [-0.25, -0.2) is 8.42 Å². The monoisotopic (exact) mass is 708 g/mol. The van der Waals surface area contributed by atoms with E-state index in [1.165, 1.54) is 49.3 Å². The van der Waals surface area contributed by atoms with Crippen LogP contribution in [-0.4, -0.2) is 56.3 Å². The third kappa shape index (κ3) is 8.48. The number of benzene rings is 3. The van der Waals surface area contributed by atoms with Crippen LogP contribution in [0.4, 0.5) is 11.4 Å². The van der Waals surface area contributed by atoms with Crippen molar-refractivity contribution in [3.63, 3.8) is 0 Å². The van der Waals surface area contributed by atoms with Crippen LogP contribution >= 0.6 is 27.5 Å². The maximum atomic E-state index is 14.2. The van der Waals surface area contributed by atoms with E-state index in [2.05, 4.69) is 21.2 Å². The molecular weight excluding hydrogens is 676 g/mol. The van der Waals surface area contributed by atoms with E-state index in [0.29, 0.717) is 12.1 Å². The van der Waals surface area contributed by atoms with Gasteiger partial charge in [0.1, 0.15) is 18.3 Å². The van der Waals surface area contributed by atoms with Gasteiger partial charge >= 0.3 is 0 Å². The van der Waals surface area contributed by atoms with Gasteiger partial charge in [0, 0.05) is 34.2 Å². The number of nitrogens with one attached hydrogen (secondary N) is 1. The van der Waals surface area contributed by atoms with Gasteiger partial charge in [-0.05, 0) is 61.7 Å². The molecule has 236 valence electrons. The molecule has 0 saturated heterocycles. The fourth-order valence-corrected chi connectivity index (χ4v) is 6.13. The third-order valence-electron chi connectivity index (χ3n) is 6.77. The average Bonchev–Trinajstić information content (AvgIpc) is 2.97. The second-order valence-electron chi connectivity index (χ2n) is 10.5. The number of carbonyl (C=O) groups is 2. The second-order valence-corrected chi connectivity index (χ2v) is 13.7. The van der Waals surface area contributed by atoms with Crippen molar-refractivity contribution in [1.82, 2.24) is 10.2 Å². The highest BCUT2D eigenvalue weighted by Crippen LogP contribution is 2.36. The van der Waals surface area contributed by atoms with Crippen molar-refractivity contribution < 1.29 is 27.7 Å². The first-order valence-electron chi connectivity index (χ1n) is 13.6. The summed E-state index contributed by atoms with van der Waals surface area (Å²) in [5.41, 5.74) is 0.507. The molecule has 1 N–H and O–H groups in total. The van der Waals surface area contributed by atoms with E-state index in [0.717, 1.165) is 14.8 Å². The van der Waals surface area contributed by atoms with Crippen LogP contribution in [0.3, 0.4) is 0 Å². The number of ether oxygens (including phenoxy) is 1. The van der Waals surface area contributed by atoms with Gasteiger partial charge in [-0.15, -0.1) is 0 Å². The standard InChI is InChI=1S/C30H34BrClN4O7S/c1-19(2)16-33-30(38)21(4)34(17-22-7-9-23(31)10-8-22)29(37)18-35(27-14-24(32)11-13-28(27)43-5)44(41,42)25-12-6-20(3)26(15-25)36(39)40/h6-15,19,21H,16-18H2,1-5H3,(H,33,38). The summed E-state index contributed by atoms with van der Waals surface area (Å²) >= 11 is 9.64. The Morgan fingerprint density at radius 2 is 1.73 bits per heavy atom. The molecule has 0 aliphatic carbocycles. The zero-order valence-corrected chi connectivity index (χ0v) is 28.1. The fourth-order valence-electron chi connectivity index (χ4n) is 4.27. The summed E-state index contributed by atoms with van der Waals surface area (Å²) in [5.74, 6) is -0.855. The lowest BCUT2D eigenvalue weighted by Crippen LogP contribution is -2.51. The Bertz CT molecular complexity index is 1630. The lowest BCUT2D eigenvalue weighted by Gasteiger charge is -2.32. The second kappa shape index (κ2) is 14.9. The van der Waals surface area contributed by atoms with Crippen molar-refractivity contribution in [2.24, 2.45) is 5.92 Å². The largest absolute Gasteiger partial charge is 0.495 e. The van der Waals surface area contributed by atoms with Gasteiger partial charge in [0.15, 0.2) is 0 Å². The number of rotatable bonds is 13. The fraction of sp³-hybridized carbons (Fsp3) is 0.333. The molecule has 14 heteroatoms. The summed E-state index contributed by atoms with van der Waals surface area (Å²) in [4.78, 5) is 39.1. The zero-order chi connectivity index (χ0) is 32.8. The van der Waals surface area contributed by atoms with Gasteiger partial charge in [-0.2, -0.15) is 0 Å². The number of carbonyl (C=O) groups excluding carboxylic acids is 2. The lowest BCUT2D eigenvalue weighted by atomic mass is 10.1. The minimum absolute atomic E-state index is 0.00104. The number of sulfonamides is 1. The van der Waals surface area contributed by atoms with Gasteiger partial charge in [-0.3, -0.25) is 24.0 Å². The number of hydrogen-bond acceptors (Lipinski definition) is 7. The van der Waals surface area contributed by atoms with Crippen LogP contribution < -0.4 is 14.4 Å². The van der Waals surface area contributed by atoms with Crippen molar-refractivity contribution in [1.29, 1.82) is 0 Å². The predicted molar refractivity (Wildman–Crippen MR) is 172 cm³/mol. The number of methoxy groups -OCH3 is 1. The molecule has 0 aliphatic rings. The number of amides is 2. The van der Waals surface area contributed by atoms with Crippen molar-refractivity contribution >= 4 is 60.7 Å². The van der Waals surface area contributed by atoms with Gasteiger partial charge in [0.25, 0.3) is 15.7 Å². The van der Waals surface area contributed by atoms with Crippen LogP contribution in [0, 0.1) is 23.0 Å². The summed E-state index contributed by atoms with van der Waals surface area (Å²) in [7, 11) is -3.28. The summed E-state index contributed by atoms with van der Waals surface area (Å²) in [6.07, 6.45) is 0. The number of aryl methyl sites for hydroxylation is 1. The predicted octanol–water partition coefficient (Wildman–Crippen LogP) is 5.71. The Morgan fingerprint density at radius 1 is 1.07 bits per heavy atom. The smallest absolute Gasteiger partial charge is 0.273 e. The van der Waals surface area contributed by atoms with E-state index in [-0.39, 0.29) is 34.5 Å². The van der Waals surface area contributed by atoms with E-state index >= 15 is 0 Å². The number of nitro benzene ring substituents is 1. The SMILES string of the molecule is COc1ccc(Cl)cc1N(CC(=O)N(Cc1ccc(Br)cc1)C(C)C(=O)NCC(C)C)S(=O)(=O)c1ccc(C)c([N+](=O)[O-])c1. The number of nitro groups is 1. The van der Waals surface area contributed by atoms with Crippen molar-refractivity contribution in [2.45, 2.75) is 45.2 Å². The Balaban J connectivity index is 2.14. The molecule has 1 unspecified atom stereocenters. The van der Waals surface area contributed by atoms with Gasteiger partial charge in [0.2, 0.25) is 11.8 Å². The molecule has 0 aromatic heterocycles. The highest BCUT2D eigenvalue weighted by Gasteiger charge is 2.35. The molecule has 3 aromatic rings. The molecule has 2 amide bonds. The van der Waals surface area contributed by atoms with Crippen molar-refractivity contribution in [3.8, 4) is 5.75 Å². The van der Waals surface area contributed by atoms with E-state index in [9.17, 15) is 28.1 Å². The topological polar surface area (TPSA) is 139 Å². The Morgan fingerprint density at radius 3 is 2.32 bits per heavy atom. The Kier molecular flexibility index (Phi) is 11.8. The molecule has 1 atom stereocenters. The van der Waals surface area contributed by atoms with Crippen molar-refractivity contribution in [2.75, 3.05) is 24.5 Å². The Labute approximate surface area is 270 Å². The summed E-state index contributed by atoms with van der Waals surface area (Å²) in [6, 6.07) is 13.9. The molecule has 0 aliphatic heterocycles. The molecular formula is C30H34BrClN4O7S. The molecule has 0 heterocycles. The lowest BCUT2D eigenvalue weighted by molar-refractivity contribution is -0.385. The van der Waals surface area contributed by atoms with Crippen LogP contribution in [-0.2, 0) is 26.2 Å². The molecule has 3 aromatic carbocycles. The summed E-state index contributed by atoms with van der Waals surface area (Å²) < 4.78 is 35.4. The average molecular weight is 710 g/mol. The molecule has 3 rings (SSSR count). The quantitative estimate of drug-likeness (QED) is 0.177. The van der Waals surface area contributed by atoms with E-state index < -0.39 is 49.9 Å². The number of anilines is 1. The van der Waals surface area contributed by atoms with Crippen LogP contribution in [0.1, 0.15) is 31.9 Å². The molecule has 0 fully saturated rings. The first kappa shape index (κ1) is 34.8. The first-order chi connectivity index (χ1) is 20.6. The summed E-state index contributed by atoms with van der Waals surface area (Å²) in [6.45, 7) is 6.54. The highest BCUT2D eigenvalue weighted by molar-refractivity contribution is 9.10. The number of halogens is 2. The van der Waals surface area contributed by atoms with Gasteiger partial charge in [0.05, 0.1) is 22.6 Å². The Hall–Kier alpha value is -3.68. The first-order valence-corrected chi connectivity index (χ1v) is 16.2. The number of hydrogen-bond donors (Lipinski definition) is 1. The van der Waals surface area contributed by atoms with Gasteiger partial charge in [-0.1, -0.05) is 59.6 Å². The molecule has 44 heavy (non-hydrogen) atoms. The summed E-state index contributed by atoms with van der Waals surface area (Å²) in [5, 5.41) is 14.6. The van der Waals surface area contributed by atoms with Crippen LogP contribution in [0.15, 0.2) is 70.0 Å². The van der Waals surface area contributed by atoms with Crippen LogP contribution in [0.25, 0.3) is 0 Å². The molecule has 11 nitrogen and oxygen atoms in total. The van der Waals surface area contributed by atoms with Crippen LogP contribution in [0.2, 0.25) is 5.02 Å². The minimum Gasteiger partial charge on any atom is -0.495 e. The maximum Gasteiger partial charge on any atom is 0.273 e. The van der Waals surface area contributed by atoms with Gasteiger partial charge < -0.3 is 15.0 Å². The molecule has 0 bridgehead atoms. The third-order valence-corrected chi connectivity index (χ3v) is 9.29. The molecule has 0 radical (unpaired) electrons. The van der Waals surface area contributed by atoms with E-state index in [4.69, 9.17) is 16.3 Å². The molecule has 0 saturated carbocycles. The normalized spacial score (nSPS) is 12.0. The van der Waals surface area contributed by atoms with Crippen molar-refractivity contribution in [3.05, 3.63) is 91.4 Å². The van der Waals surface area contributed by atoms with Crippen LogP contribution in [0.5, 0.6) is 5.75 Å². The maximum absolute atomic E-state index is 14.2. The molecule has 0 spiro atoms. The zero-order valence-electron chi connectivity index (χ0n) is 24.9. The minimum atomic E-state index is -4.61. The number of nitrogens with zero attached hydrogens (tertiary/aromatic N) is 3. The van der Waals surface area contributed by atoms with E-state index in [1.807, 2.05) is 13.8 Å². The van der Waals surface area contributed by atoms with E-state index in [1.54, 1.807) is 31.2 Å². The highest BCUT2D eigenvalue weighted by atomic mass is 79.9.